The Morgan fingerprint density at radius 1 is 1.25 bits per heavy atom. The summed E-state index contributed by atoms with van der Waals surface area (Å²) in [6.07, 6.45) is 0. The van der Waals surface area contributed by atoms with Gasteiger partial charge in [-0.05, 0) is 51.1 Å². The molecule has 1 unspecified atom stereocenters. The van der Waals surface area contributed by atoms with Gasteiger partial charge in [0.25, 0.3) is 0 Å². The third kappa shape index (κ3) is 2.31. The van der Waals surface area contributed by atoms with E-state index in [-0.39, 0.29) is 5.56 Å². The number of hydrogen-bond acceptors (Lipinski definition) is 2. The molecule has 0 amide bonds. The molecule has 1 heterocycles. The Kier molecular flexibility index (Phi) is 3.37. The van der Waals surface area contributed by atoms with Crippen molar-refractivity contribution in [3.63, 3.8) is 0 Å². The zero-order valence-electron chi connectivity index (χ0n) is 8.08. The molecule has 1 aromatic heterocycles. The highest BCUT2D eigenvalue weighted by Gasteiger charge is 2.15. The van der Waals surface area contributed by atoms with E-state index in [9.17, 15) is 8.78 Å². The second kappa shape index (κ2) is 4.61. The van der Waals surface area contributed by atoms with E-state index < -0.39 is 17.7 Å². The van der Waals surface area contributed by atoms with Crippen LogP contribution in [0.3, 0.4) is 0 Å². The number of thiophene rings is 1. The Bertz CT molecular complexity index is 512. The fraction of sp³-hybridized carbons (Fsp3) is 0.0909. The first-order chi connectivity index (χ1) is 7.58. The van der Waals surface area contributed by atoms with Crippen molar-refractivity contribution in [1.82, 2.24) is 0 Å². The van der Waals surface area contributed by atoms with Crippen LogP contribution in [-0.2, 0) is 0 Å². The molecule has 0 bridgehead atoms. The minimum atomic E-state index is -0.641. The molecule has 0 aliphatic heterocycles. The van der Waals surface area contributed by atoms with Crippen LogP contribution in [0.2, 0.25) is 0 Å². The lowest BCUT2D eigenvalue weighted by Crippen LogP contribution is -2.13. The third-order valence-corrected chi connectivity index (χ3v) is 3.76. The second-order valence-electron chi connectivity index (χ2n) is 3.33. The molecule has 0 aliphatic rings. The van der Waals surface area contributed by atoms with Gasteiger partial charge >= 0.3 is 0 Å². The molecule has 0 saturated carbocycles. The van der Waals surface area contributed by atoms with E-state index in [4.69, 9.17) is 5.73 Å². The van der Waals surface area contributed by atoms with E-state index in [1.54, 1.807) is 6.07 Å². The predicted octanol–water partition coefficient (Wildman–Crippen LogP) is 3.84. The zero-order chi connectivity index (χ0) is 11.7. The molecular weight excluding hydrogens is 296 g/mol. The van der Waals surface area contributed by atoms with Crippen LogP contribution in [0.25, 0.3) is 0 Å². The summed E-state index contributed by atoms with van der Waals surface area (Å²) in [5.41, 5.74) is 6.82. The van der Waals surface area contributed by atoms with Crippen molar-refractivity contribution in [2.75, 3.05) is 0 Å². The van der Waals surface area contributed by atoms with Gasteiger partial charge in [-0.3, -0.25) is 0 Å². The van der Waals surface area contributed by atoms with E-state index >= 15 is 0 Å². The highest BCUT2D eigenvalue weighted by molar-refractivity contribution is 9.11. The summed E-state index contributed by atoms with van der Waals surface area (Å²) in [5.74, 6) is -0.975. The van der Waals surface area contributed by atoms with E-state index in [0.717, 1.165) is 27.5 Å². The molecule has 0 aliphatic carbocycles. The van der Waals surface area contributed by atoms with Crippen LogP contribution in [0.4, 0.5) is 8.78 Å². The standard InChI is InChI=1S/C11H8BrF2NS/c12-10-3-6(5-16-10)11(15)8-4-7(13)1-2-9(8)14/h1-5,11H,15H2. The summed E-state index contributed by atoms with van der Waals surface area (Å²) in [6.45, 7) is 0. The van der Waals surface area contributed by atoms with Crippen molar-refractivity contribution >= 4 is 27.3 Å². The van der Waals surface area contributed by atoms with Gasteiger partial charge in [0, 0.05) is 5.56 Å². The van der Waals surface area contributed by atoms with Crippen LogP contribution in [0, 0.1) is 11.6 Å². The van der Waals surface area contributed by atoms with Crippen molar-refractivity contribution < 1.29 is 8.78 Å². The lowest BCUT2D eigenvalue weighted by atomic mass is 10.0. The van der Waals surface area contributed by atoms with Crippen LogP contribution >= 0.6 is 27.3 Å². The maximum absolute atomic E-state index is 13.5. The number of hydrogen-bond donors (Lipinski definition) is 1. The molecule has 0 saturated heterocycles. The van der Waals surface area contributed by atoms with Crippen LogP contribution in [0.1, 0.15) is 17.2 Å². The second-order valence-corrected chi connectivity index (χ2v) is 5.62. The average molecular weight is 304 g/mol. The first kappa shape index (κ1) is 11.7. The van der Waals surface area contributed by atoms with Crippen molar-refractivity contribution in [2.24, 2.45) is 5.73 Å². The number of nitrogens with two attached hydrogens (primary N) is 1. The summed E-state index contributed by atoms with van der Waals surface area (Å²) in [4.78, 5) is 0. The monoisotopic (exact) mass is 303 g/mol. The Hall–Kier alpha value is -0.780. The number of rotatable bonds is 2. The van der Waals surface area contributed by atoms with Gasteiger partial charge in [0.2, 0.25) is 0 Å². The van der Waals surface area contributed by atoms with Crippen molar-refractivity contribution in [2.45, 2.75) is 6.04 Å². The maximum atomic E-state index is 13.5. The normalized spacial score (nSPS) is 12.8. The average Bonchev–Trinajstić information content (AvgIpc) is 2.67. The van der Waals surface area contributed by atoms with Gasteiger partial charge in [-0.15, -0.1) is 11.3 Å². The maximum Gasteiger partial charge on any atom is 0.128 e. The molecule has 5 heteroatoms. The summed E-state index contributed by atoms with van der Waals surface area (Å²) in [6, 6.07) is 4.46. The van der Waals surface area contributed by atoms with Gasteiger partial charge in [0.15, 0.2) is 0 Å². The SMILES string of the molecule is NC(c1csc(Br)c1)c1cc(F)ccc1F. The molecular formula is C11H8BrF2NS. The molecule has 1 atom stereocenters. The van der Waals surface area contributed by atoms with Gasteiger partial charge in [0.1, 0.15) is 11.6 Å². The van der Waals surface area contributed by atoms with Gasteiger partial charge in [-0.2, -0.15) is 0 Å². The lowest BCUT2D eigenvalue weighted by molar-refractivity contribution is 0.577. The quantitative estimate of drug-likeness (QED) is 0.896. The first-order valence-electron chi connectivity index (χ1n) is 4.52. The fourth-order valence-corrected chi connectivity index (χ4v) is 2.63. The Balaban J connectivity index is 2.40. The molecule has 2 N–H and O–H groups in total. The Labute approximate surface area is 104 Å². The summed E-state index contributed by atoms with van der Waals surface area (Å²) in [7, 11) is 0. The van der Waals surface area contributed by atoms with Crippen molar-refractivity contribution in [1.29, 1.82) is 0 Å². The van der Waals surface area contributed by atoms with E-state index in [0.29, 0.717) is 0 Å². The Morgan fingerprint density at radius 2 is 2.00 bits per heavy atom. The molecule has 16 heavy (non-hydrogen) atoms. The van der Waals surface area contributed by atoms with Crippen LogP contribution < -0.4 is 5.73 Å². The zero-order valence-corrected chi connectivity index (χ0v) is 10.5. The molecule has 0 fully saturated rings. The smallest absolute Gasteiger partial charge is 0.128 e. The van der Waals surface area contributed by atoms with Crippen molar-refractivity contribution in [3.05, 3.63) is 56.2 Å². The van der Waals surface area contributed by atoms with Gasteiger partial charge < -0.3 is 5.73 Å². The molecule has 0 spiro atoms. The minimum absolute atomic E-state index is 0.172. The summed E-state index contributed by atoms with van der Waals surface area (Å²) < 4.78 is 27.4. The molecule has 0 radical (unpaired) electrons. The summed E-state index contributed by atoms with van der Waals surface area (Å²) in [5, 5.41) is 1.82. The fourth-order valence-electron chi connectivity index (χ4n) is 1.42. The lowest BCUT2D eigenvalue weighted by Gasteiger charge is -2.11. The largest absolute Gasteiger partial charge is 0.320 e. The molecule has 2 rings (SSSR count). The predicted molar refractivity (Wildman–Crippen MR) is 64.4 cm³/mol. The highest BCUT2D eigenvalue weighted by atomic mass is 79.9. The minimum Gasteiger partial charge on any atom is -0.320 e. The highest BCUT2D eigenvalue weighted by Crippen LogP contribution is 2.29. The Morgan fingerprint density at radius 3 is 2.62 bits per heavy atom. The van der Waals surface area contributed by atoms with Crippen LogP contribution in [-0.4, -0.2) is 0 Å². The topological polar surface area (TPSA) is 26.0 Å². The number of halogens is 3. The number of benzene rings is 1. The van der Waals surface area contributed by atoms with Crippen LogP contribution in [0.5, 0.6) is 0 Å². The van der Waals surface area contributed by atoms with Crippen molar-refractivity contribution in [3.8, 4) is 0 Å². The van der Waals surface area contributed by atoms with Gasteiger partial charge in [0.05, 0.1) is 9.83 Å². The summed E-state index contributed by atoms with van der Waals surface area (Å²) >= 11 is 4.76. The van der Waals surface area contributed by atoms with E-state index in [1.807, 2.05) is 5.38 Å². The first-order valence-corrected chi connectivity index (χ1v) is 6.19. The molecule has 84 valence electrons. The van der Waals surface area contributed by atoms with Gasteiger partial charge in [-0.25, -0.2) is 8.78 Å². The molecule has 1 aromatic carbocycles. The molecule has 2 aromatic rings. The third-order valence-electron chi connectivity index (χ3n) is 2.24. The van der Waals surface area contributed by atoms with Crippen LogP contribution in [0.15, 0.2) is 33.4 Å². The molecule has 1 nitrogen and oxygen atoms in total. The van der Waals surface area contributed by atoms with E-state index in [2.05, 4.69) is 15.9 Å². The van der Waals surface area contributed by atoms with Gasteiger partial charge in [-0.1, -0.05) is 0 Å². The van der Waals surface area contributed by atoms with E-state index in [1.165, 1.54) is 11.3 Å².